The molecule has 0 fully saturated rings. The van der Waals surface area contributed by atoms with Gasteiger partial charge < -0.3 is 14.8 Å². The molecule has 1 rings (SSSR count). The molecular formula is C14H26N2O2S. The second kappa shape index (κ2) is 7.33. The van der Waals surface area contributed by atoms with E-state index in [0.717, 1.165) is 17.2 Å². The van der Waals surface area contributed by atoms with E-state index in [1.807, 2.05) is 0 Å². The van der Waals surface area contributed by atoms with Gasteiger partial charge in [-0.25, -0.2) is 4.98 Å². The average Bonchev–Trinajstić information content (AvgIpc) is 2.88. The maximum atomic E-state index is 5.53. The molecule has 1 aromatic heterocycles. The molecule has 1 N–H and O–H groups in total. The van der Waals surface area contributed by atoms with Gasteiger partial charge in [0, 0.05) is 26.1 Å². The number of rotatable bonds is 8. The monoisotopic (exact) mass is 286 g/mol. The normalized spacial score (nSPS) is 16.6. The zero-order valence-corrected chi connectivity index (χ0v) is 13.6. The Labute approximate surface area is 120 Å². The van der Waals surface area contributed by atoms with Crippen LogP contribution in [0.5, 0.6) is 0 Å². The third-order valence-corrected chi connectivity index (χ3v) is 4.62. The minimum atomic E-state index is -0.287. The molecule has 5 heteroatoms. The van der Waals surface area contributed by atoms with Crippen LogP contribution in [0.4, 0.5) is 0 Å². The van der Waals surface area contributed by atoms with Crippen molar-refractivity contribution in [1.29, 1.82) is 0 Å². The largest absolute Gasteiger partial charge is 0.383 e. The van der Waals surface area contributed by atoms with Crippen molar-refractivity contribution in [2.75, 3.05) is 27.4 Å². The molecule has 1 heterocycles. The summed E-state index contributed by atoms with van der Waals surface area (Å²) in [6.45, 7) is 9.98. The molecule has 0 aliphatic heterocycles. The smallest absolute Gasteiger partial charge is 0.115 e. The van der Waals surface area contributed by atoms with Crippen LogP contribution in [0.3, 0.4) is 0 Å². The van der Waals surface area contributed by atoms with Gasteiger partial charge in [-0.15, -0.1) is 11.3 Å². The van der Waals surface area contributed by atoms with Crippen LogP contribution < -0.4 is 5.32 Å². The van der Waals surface area contributed by atoms with Gasteiger partial charge in [-0.05, 0) is 19.8 Å². The summed E-state index contributed by atoms with van der Waals surface area (Å²) in [7, 11) is 3.44. The molecule has 0 saturated carbocycles. The van der Waals surface area contributed by atoms with Crippen LogP contribution in [-0.2, 0) is 15.0 Å². The third-order valence-electron chi connectivity index (χ3n) is 3.52. The molecule has 2 unspecified atom stereocenters. The summed E-state index contributed by atoms with van der Waals surface area (Å²) in [6, 6.07) is 0. The zero-order valence-electron chi connectivity index (χ0n) is 12.8. The SMILES string of the molecule is COCCNC(C)(c1nc(C(C)C)cs1)C(C)OC. The molecule has 1 aromatic rings. The number of methoxy groups -OCH3 is 2. The van der Waals surface area contributed by atoms with Gasteiger partial charge in [0.1, 0.15) is 5.01 Å². The van der Waals surface area contributed by atoms with Gasteiger partial charge in [-0.1, -0.05) is 13.8 Å². The summed E-state index contributed by atoms with van der Waals surface area (Å²) in [6.07, 6.45) is 0.0375. The van der Waals surface area contributed by atoms with E-state index in [2.05, 4.69) is 38.4 Å². The summed E-state index contributed by atoms with van der Waals surface area (Å²) < 4.78 is 10.6. The summed E-state index contributed by atoms with van der Waals surface area (Å²) in [4.78, 5) is 4.76. The Morgan fingerprint density at radius 3 is 2.53 bits per heavy atom. The first-order chi connectivity index (χ1) is 8.95. The molecule has 4 nitrogen and oxygen atoms in total. The van der Waals surface area contributed by atoms with Crippen LogP contribution in [0.2, 0.25) is 0 Å². The maximum absolute atomic E-state index is 5.53. The fraction of sp³-hybridized carbons (Fsp3) is 0.786. The number of nitrogens with zero attached hydrogens (tertiary/aromatic N) is 1. The van der Waals surface area contributed by atoms with E-state index in [1.165, 1.54) is 0 Å². The van der Waals surface area contributed by atoms with Crippen LogP contribution in [0.25, 0.3) is 0 Å². The number of nitrogens with one attached hydrogen (secondary N) is 1. The molecule has 0 bridgehead atoms. The van der Waals surface area contributed by atoms with Gasteiger partial charge in [0.05, 0.1) is 23.9 Å². The van der Waals surface area contributed by atoms with Crippen molar-refractivity contribution in [3.05, 3.63) is 16.1 Å². The van der Waals surface area contributed by atoms with Crippen molar-refractivity contribution >= 4 is 11.3 Å². The van der Waals surface area contributed by atoms with Crippen molar-refractivity contribution in [2.45, 2.75) is 45.3 Å². The van der Waals surface area contributed by atoms with E-state index < -0.39 is 0 Å². The van der Waals surface area contributed by atoms with E-state index in [-0.39, 0.29) is 11.6 Å². The van der Waals surface area contributed by atoms with E-state index in [1.54, 1.807) is 25.6 Å². The highest BCUT2D eigenvalue weighted by molar-refractivity contribution is 7.09. The number of aromatic nitrogens is 1. The highest BCUT2D eigenvalue weighted by Gasteiger charge is 2.36. The quantitative estimate of drug-likeness (QED) is 0.746. The van der Waals surface area contributed by atoms with Crippen LogP contribution >= 0.6 is 11.3 Å². The lowest BCUT2D eigenvalue weighted by atomic mass is 9.96. The Balaban J connectivity index is 2.93. The summed E-state index contributed by atoms with van der Waals surface area (Å²) in [5.41, 5.74) is 0.855. The number of ether oxygens (including phenoxy) is 2. The van der Waals surface area contributed by atoms with Crippen LogP contribution in [-0.4, -0.2) is 38.5 Å². The zero-order chi connectivity index (χ0) is 14.5. The van der Waals surface area contributed by atoms with Gasteiger partial charge in [-0.3, -0.25) is 0 Å². The fourth-order valence-electron chi connectivity index (χ4n) is 1.83. The van der Waals surface area contributed by atoms with Crippen LogP contribution in [0.1, 0.15) is 44.3 Å². The number of thiazole rings is 1. The highest BCUT2D eigenvalue weighted by Crippen LogP contribution is 2.31. The summed E-state index contributed by atoms with van der Waals surface area (Å²) >= 11 is 1.69. The van der Waals surface area contributed by atoms with E-state index in [4.69, 9.17) is 14.5 Å². The maximum Gasteiger partial charge on any atom is 0.115 e. The van der Waals surface area contributed by atoms with Crippen molar-refractivity contribution in [3.8, 4) is 0 Å². The predicted octanol–water partition coefficient (Wildman–Crippen LogP) is 2.75. The minimum absolute atomic E-state index is 0.0375. The first-order valence-electron chi connectivity index (χ1n) is 6.68. The van der Waals surface area contributed by atoms with E-state index >= 15 is 0 Å². The Hall–Kier alpha value is -0.490. The molecule has 0 aliphatic carbocycles. The first-order valence-corrected chi connectivity index (χ1v) is 7.56. The van der Waals surface area contributed by atoms with Crippen molar-refractivity contribution in [3.63, 3.8) is 0 Å². The van der Waals surface area contributed by atoms with Gasteiger partial charge in [0.15, 0.2) is 0 Å². The summed E-state index contributed by atoms with van der Waals surface area (Å²) in [5, 5.41) is 6.72. The molecule has 2 atom stereocenters. The standard InChI is InChI=1S/C14H26N2O2S/c1-10(2)12-9-19-13(16-12)14(4,11(3)18-6)15-7-8-17-5/h9-11,15H,7-8H2,1-6H3. The fourth-order valence-corrected chi connectivity index (χ4v) is 3.03. The molecule has 19 heavy (non-hydrogen) atoms. The average molecular weight is 286 g/mol. The van der Waals surface area contributed by atoms with Crippen molar-refractivity contribution < 1.29 is 9.47 Å². The molecule has 0 spiro atoms. The first kappa shape index (κ1) is 16.6. The molecule has 110 valence electrons. The molecular weight excluding hydrogens is 260 g/mol. The lowest BCUT2D eigenvalue weighted by Gasteiger charge is -2.34. The Bertz CT molecular complexity index is 381. The molecule has 0 radical (unpaired) electrons. The molecule has 0 saturated heterocycles. The van der Waals surface area contributed by atoms with Gasteiger partial charge in [0.25, 0.3) is 0 Å². The lowest BCUT2D eigenvalue weighted by Crippen LogP contribution is -2.50. The van der Waals surface area contributed by atoms with Crippen molar-refractivity contribution in [1.82, 2.24) is 10.3 Å². The highest BCUT2D eigenvalue weighted by atomic mass is 32.1. The number of hydrogen-bond donors (Lipinski definition) is 1. The second-order valence-electron chi connectivity index (χ2n) is 5.23. The van der Waals surface area contributed by atoms with Gasteiger partial charge >= 0.3 is 0 Å². The van der Waals surface area contributed by atoms with Crippen molar-refractivity contribution in [2.24, 2.45) is 0 Å². The molecule has 0 aromatic carbocycles. The second-order valence-corrected chi connectivity index (χ2v) is 6.09. The Morgan fingerprint density at radius 1 is 1.37 bits per heavy atom. The minimum Gasteiger partial charge on any atom is -0.383 e. The van der Waals surface area contributed by atoms with Crippen LogP contribution in [0, 0.1) is 0 Å². The Kier molecular flexibility index (Phi) is 6.39. The molecule has 0 amide bonds. The van der Waals surface area contributed by atoms with Crippen LogP contribution in [0.15, 0.2) is 5.38 Å². The van der Waals surface area contributed by atoms with E-state index in [9.17, 15) is 0 Å². The van der Waals surface area contributed by atoms with Gasteiger partial charge in [-0.2, -0.15) is 0 Å². The van der Waals surface area contributed by atoms with Gasteiger partial charge in [0.2, 0.25) is 0 Å². The Morgan fingerprint density at radius 2 is 2.05 bits per heavy atom. The third kappa shape index (κ3) is 3.99. The molecule has 0 aliphatic rings. The lowest BCUT2D eigenvalue weighted by molar-refractivity contribution is 0.0324. The van der Waals surface area contributed by atoms with E-state index in [0.29, 0.717) is 12.5 Å². The number of hydrogen-bond acceptors (Lipinski definition) is 5. The summed E-state index contributed by atoms with van der Waals surface area (Å²) in [5.74, 6) is 0.450. The predicted molar refractivity (Wildman–Crippen MR) is 79.9 cm³/mol. The topological polar surface area (TPSA) is 43.4 Å².